The van der Waals surface area contributed by atoms with E-state index in [-0.39, 0.29) is 12.1 Å². The van der Waals surface area contributed by atoms with E-state index in [4.69, 9.17) is 4.74 Å². The maximum absolute atomic E-state index is 13.1. The molecule has 0 spiro atoms. The van der Waals surface area contributed by atoms with Crippen LogP contribution in [0.25, 0.3) is 16.9 Å². The maximum atomic E-state index is 13.1. The lowest BCUT2D eigenvalue weighted by atomic mass is 10.1. The molecule has 0 aliphatic carbocycles. The summed E-state index contributed by atoms with van der Waals surface area (Å²) in [7, 11) is 1.57. The number of nitrogens with zero attached hydrogens (tertiary/aromatic N) is 4. The van der Waals surface area contributed by atoms with Crippen molar-refractivity contribution in [3.05, 3.63) is 86.8 Å². The molecule has 0 radical (unpaired) electrons. The van der Waals surface area contributed by atoms with Crippen LogP contribution in [0.2, 0.25) is 0 Å². The molecule has 0 aliphatic rings. The predicted molar refractivity (Wildman–Crippen MR) is 112 cm³/mol. The van der Waals surface area contributed by atoms with Gasteiger partial charge < -0.3 is 9.30 Å². The highest BCUT2D eigenvalue weighted by Crippen LogP contribution is 2.19. The normalized spacial score (nSPS) is 11.1. The van der Waals surface area contributed by atoms with Gasteiger partial charge in [-0.3, -0.25) is 9.36 Å². The molecule has 7 nitrogen and oxygen atoms in total. The number of hydrogen-bond donors (Lipinski definition) is 0. The Kier molecular flexibility index (Phi) is 4.80. The Morgan fingerprint density at radius 3 is 2.59 bits per heavy atom. The molecule has 29 heavy (non-hydrogen) atoms. The molecule has 2 aromatic carbocycles. The molecule has 0 aliphatic heterocycles. The summed E-state index contributed by atoms with van der Waals surface area (Å²) in [5.74, 6) is 0.621. The third kappa shape index (κ3) is 3.14. The van der Waals surface area contributed by atoms with Crippen molar-refractivity contribution in [1.29, 1.82) is 0 Å². The van der Waals surface area contributed by atoms with Gasteiger partial charge in [0.2, 0.25) is 0 Å². The lowest BCUT2D eigenvalue weighted by molar-refractivity contribution is 0.414. The number of hydrogen-bond acceptors (Lipinski definition) is 4. The van der Waals surface area contributed by atoms with E-state index >= 15 is 0 Å². The van der Waals surface area contributed by atoms with Crippen molar-refractivity contribution in [3.63, 3.8) is 0 Å². The Labute approximate surface area is 167 Å². The van der Waals surface area contributed by atoms with Crippen molar-refractivity contribution in [2.45, 2.75) is 26.9 Å². The third-order valence-electron chi connectivity index (χ3n) is 5.13. The zero-order valence-electron chi connectivity index (χ0n) is 16.6. The van der Waals surface area contributed by atoms with Crippen LogP contribution >= 0.6 is 0 Å². The average molecular weight is 390 g/mol. The van der Waals surface area contributed by atoms with Gasteiger partial charge in [0.15, 0.2) is 11.2 Å². The van der Waals surface area contributed by atoms with Gasteiger partial charge in [-0.1, -0.05) is 30.3 Å². The van der Waals surface area contributed by atoms with Crippen LogP contribution in [0.5, 0.6) is 5.75 Å². The van der Waals surface area contributed by atoms with Crippen LogP contribution in [-0.2, 0) is 13.1 Å². The molecular weight excluding hydrogens is 368 g/mol. The SMILES string of the molecule is CCn1c(=O)c2c(ncn2Cc2ccccc2C)n(-c2cccc(OC)c2)c1=O. The number of ether oxygens (including phenoxy) is 1. The summed E-state index contributed by atoms with van der Waals surface area (Å²) >= 11 is 0. The van der Waals surface area contributed by atoms with E-state index in [0.29, 0.717) is 29.1 Å². The van der Waals surface area contributed by atoms with Gasteiger partial charge >= 0.3 is 5.69 Å². The number of methoxy groups -OCH3 is 1. The Hall–Kier alpha value is -3.61. The van der Waals surface area contributed by atoms with E-state index in [1.165, 1.54) is 9.13 Å². The summed E-state index contributed by atoms with van der Waals surface area (Å²) in [6.45, 7) is 4.59. The molecule has 0 atom stereocenters. The number of fused-ring (bicyclic) bond motifs is 1. The molecule has 0 saturated heterocycles. The zero-order chi connectivity index (χ0) is 20.5. The molecule has 0 unspecified atom stereocenters. The molecule has 2 heterocycles. The second-order valence-corrected chi connectivity index (χ2v) is 6.84. The summed E-state index contributed by atoms with van der Waals surface area (Å²) in [6, 6.07) is 15.2. The first-order valence-electron chi connectivity index (χ1n) is 9.44. The van der Waals surface area contributed by atoms with E-state index in [2.05, 4.69) is 4.98 Å². The lowest BCUT2D eigenvalue weighted by Crippen LogP contribution is -2.39. The van der Waals surface area contributed by atoms with Crippen LogP contribution in [0.3, 0.4) is 0 Å². The molecule has 7 heteroatoms. The highest BCUT2D eigenvalue weighted by atomic mass is 16.5. The molecule has 4 aromatic rings. The van der Waals surface area contributed by atoms with Crippen molar-refractivity contribution in [2.75, 3.05) is 7.11 Å². The summed E-state index contributed by atoms with van der Waals surface area (Å²) in [5, 5.41) is 0. The summed E-state index contributed by atoms with van der Waals surface area (Å²) in [4.78, 5) is 30.6. The number of aryl methyl sites for hydroxylation is 1. The molecule has 4 rings (SSSR count). The maximum Gasteiger partial charge on any atom is 0.337 e. The van der Waals surface area contributed by atoms with Gasteiger partial charge in [0.05, 0.1) is 19.1 Å². The summed E-state index contributed by atoms with van der Waals surface area (Å²) in [6.07, 6.45) is 1.62. The van der Waals surface area contributed by atoms with Crippen LogP contribution in [0, 0.1) is 6.92 Å². The van der Waals surface area contributed by atoms with Gasteiger partial charge in [0, 0.05) is 19.2 Å². The fourth-order valence-electron chi connectivity index (χ4n) is 3.53. The molecule has 2 aromatic heterocycles. The van der Waals surface area contributed by atoms with Gasteiger partial charge in [-0.25, -0.2) is 14.3 Å². The lowest BCUT2D eigenvalue weighted by Gasteiger charge is -2.13. The highest BCUT2D eigenvalue weighted by Gasteiger charge is 2.19. The Balaban J connectivity index is 2.00. The van der Waals surface area contributed by atoms with Crippen molar-refractivity contribution in [2.24, 2.45) is 0 Å². The topological polar surface area (TPSA) is 71.1 Å². The first-order valence-corrected chi connectivity index (χ1v) is 9.44. The zero-order valence-corrected chi connectivity index (χ0v) is 16.6. The van der Waals surface area contributed by atoms with E-state index in [1.54, 1.807) is 44.6 Å². The quantitative estimate of drug-likeness (QED) is 0.525. The molecule has 0 fully saturated rings. The highest BCUT2D eigenvalue weighted by molar-refractivity contribution is 5.72. The summed E-state index contributed by atoms with van der Waals surface area (Å²) in [5.41, 5.74) is 2.81. The minimum atomic E-state index is -0.417. The summed E-state index contributed by atoms with van der Waals surface area (Å²) < 4.78 is 9.81. The third-order valence-corrected chi connectivity index (χ3v) is 5.13. The fraction of sp³-hybridized carbons (Fsp3) is 0.227. The van der Waals surface area contributed by atoms with Crippen LogP contribution in [0.4, 0.5) is 0 Å². The molecule has 0 amide bonds. The monoisotopic (exact) mass is 390 g/mol. The average Bonchev–Trinajstić information content (AvgIpc) is 3.14. The number of imidazole rings is 1. The van der Waals surface area contributed by atoms with Gasteiger partial charge in [-0.15, -0.1) is 0 Å². The van der Waals surface area contributed by atoms with E-state index in [0.717, 1.165) is 11.1 Å². The van der Waals surface area contributed by atoms with Crippen LogP contribution in [0.15, 0.2) is 64.4 Å². The van der Waals surface area contributed by atoms with Gasteiger partial charge in [-0.05, 0) is 37.1 Å². The first-order chi connectivity index (χ1) is 14.0. The van der Waals surface area contributed by atoms with Gasteiger partial charge in [0.1, 0.15) is 5.75 Å². The Morgan fingerprint density at radius 2 is 1.86 bits per heavy atom. The molecule has 148 valence electrons. The standard InChI is InChI=1S/C22H22N4O3/c1-4-25-21(27)19-20(23-14-24(19)13-16-9-6-5-8-15(16)2)26(22(25)28)17-10-7-11-18(12-17)29-3/h5-12,14H,4,13H2,1-3H3. The van der Waals surface area contributed by atoms with Crippen molar-refractivity contribution in [1.82, 2.24) is 18.7 Å². The molecular formula is C22H22N4O3. The van der Waals surface area contributed by atoms with Gasteiger partial charge in [0.25, 0.3) is 5.56 Å². The van der Waals surface area contributed by atoms with Gasteiger partial charge in [-0.2, -0.15) is 0 Å². The minimum Gasteiger partial charge on any atom is -0.497 e. The van der Waals surface area contributed by atoms with Crippen molar-refractivity contribution < 1.29 is 4.74 Å². The predicted octanol–water partition coefficient (Wildman–Crippen LogP) is 2.73. The van der Waals surface area contributed by atoms with Crippen molar-refractivity contribution in [3.8, 4) is 11.4 Å². The number of aromatic nitrogens is 4. The molecule has 0 N–H and O–H groups in total. The molecule has 0 saturated carbocycles. The van der Waals surface area contributed by atoms with Crippen molar-refractivity contribution >= 4 is 11.2 Å². The Morgan fingerprint density at radius 1 is 1.07 bits per heavy atom. The van der Waals surface area contributed by atoms with Crippen LogP contribution in [-0.4, -0.2) is 25.8 Å². The fourth-order valence-corrected chi connectivity index (χ4v) is 3.53. The second-order valence-electron chi connectivity index (χ2n) is 6.84. The smallest absolute Gasteiger partial charge is 0.337 e. The van der Waals surface area contributed by atoms with Crippen LogP contribution < -0.4 is 16.0 Å². The second kappa shape index (κ2) is 7.43. The number of rotatable bonds is 5. The first kappa shape index (κ1) is 18.7. The van der Waals surface area contributed by atoms with E-state index < -0.39 is 5.69 Å². The van der Waals surface area contributed by atoms with E-state index in [9.17, 15) is 9.59 Å². The van der Waals surface area contributed by atoms with E-state index in [1.807, 2.05) is 35.8 Å². The van der Waals surface area contributed by atoms with Crippen LogP contribution in [0.1, 0.15) is 18.1 Å². The minimum absolute atomic E-state index is 0.271. The number of benzene rings is 2. The Bertz CT molecular complexity index is 1310. The molecule has 0 bridgehead atoms. The largest absolute Gasteiger partial charge is 0.497 e.